The summed E-state index contributed by atoms with van der Waals surface area (Å²) in [7, 11) is 1.50. The summed E-state index contributed by atoms with van der Waals surface area (Å²) in [6.07, 6.45) is 0.303. The summed E-state index contributed by atoms with van der Waals surface area (Å²) in [6, 6.07) is 4.69. The van der Waals surface area contributed by atoms with E-state index in [0.29, 0.717) is 17.6 Å². The predicted molar refractivity (Wildman–Crippen MR) is 65.4 cm³/mol. The molecule has 0 saturated carbocycles. The molecule has 0 bridgehead atoms. The van der Waals surface area contributed by atoms with Crippen molar-refractivity contribution in [1.82, 2.24) is 0 Å². The SMILES string of the molecule is CCc1c(C(=O)O)oc2ccc(OC)cc2c1=O. The van der Waals surface area contributed by atoms with Gasteiger partial charge in [0.2, 0.25) is 5.76 Å². The average molecular weight is 248 g/mol. The lowest BCUT2D eigenvalue weighted by atomic mass is 10.1. The molecule has 0 unspecified atom stereocenters. The van der Waals surface area contributed by atoms with Gasteiger partial charge in [-0.05, 0) is 24.6 Å². The van der Waals surface area contributed by atoms with Crippen LogP contribution in [0.2, 0.25) is 0 Å². The molecular weight excluding hydrogens is 236 g/mol. The van der Waals surface area contributed by atoms with Crippen LogP contribution in [-0.4, -0.2) is 18.2 Å². The van der Waals surface area contributed by atoms with Gasteiger partial charge in [0.15, 0.2) is 5.43 Å². The van der Waals surface area contributed by atoms with Crippen molar-refractivity contribution in [2.75, 3.05) is 7.11 Å². The second-order valence-electron chi connectivity index (χ2n) is 3.76. The van der Waals surface area contributed by atoms with Gasteiger partial charge in [-0.1, -0.05) is 6.92 Å². The average Bonchev–Trinajstić information content (AvgIpc) is 2.38. The minimum atomic E-state index is -1.23. The summed E-state index contributed by atoms with van der Waals surface area (Å²) in [4.78, 5) is 23.2. The third-order valence-corrected chi connectivity index (χ3v) is 2.74. The van der Waals surface area contributed by atoms with Crippen molar-refractivity contribution in [1.29, 1.82) is 0 Å². The molecule has 1 aromatic heterocycles. The van der Waals surface area contributed by atoms with Gasteiger partial charge < -0.3 is 14.3 Å². The molecule has 2 aromatic rings. The maximum absolute atomic E-state index is 12.2. The highest BCUT2D eigenvalue weighted by molar-refractivity contribution is 5.89. The zero-order chi connectivity index (χ0) is 13.3. The van der Waals surface area contributed by atoms with E-state index in [9.17, 15) is 9.59 Å². The quantitative estimate of drug-likeness (QED) is 0.899. The molecule has 18 heavy (non-hydrogen) atoms. The molecule has 1 heterocycles. The summed E-state index contributed by atoms with van der Waals surface area (Å²) < 4.78 is 10.3. The molecule has 0 spiro atoms. The van der Waals surface area contributed by atoms with E-state index < -0.39 is 5.97 Å². The first-order chi connectivity index (χ1) is 8.58. The number of carboxylic acid groups (broad SMARTS) is 1. The van der Waals surface area contributed by atoms with Crippen molar-refractivity contribution in [2.24, 2.45) is 0 Å². The minimum absolute atomic E-state index is 0.170. The van der Waals surface area contributed by atoms with Crippen molar-refractivity contribution in [2.45, 2.75) is 13.3 Å². The highest BCUT2D eigenvalue weighted by Gasteiger charge is 2.18. The van der Waals surface area contributed by atoms with E-state index in [1.54, 1.807) is 19.1 Å². The van der Waals surface area contributed by atoms with Gasteiger partial charge in [-0.2, -0.15) is 0 Å². The number of hydrogen-bond acceptors (Lipinski definition) is 4. The van der Waals surface area contributed by atoms with Crippen LogP contribution >= 0.6 is 0 Å². The lowest BCUT2D eigenvalue weighted by Crippen LogP contribution is -2.15. The largest absolute Gasteiger partial charge is 0.497 e. The fraction of sp³-hybridized carbons (Fsp3) is 0.231. The Bertz CT molecular complexity index is 669. The minimum Gasteiger partial charge on any atom is -0.497 e. The van der Waals surface area contributed by atoms with Crippen LogP contribution in [0.15, 0.2) is 27.4 Å². The van der Waals surface area contributed by atoms with E-state index in [1.165, 1.54) is 13.2 Å². The first-order valence-corrected chi connectivity index (χ1v) is 5.45. The van der Waals surface area contributed by atoms with E-state index >= 15 is 0 Å². The molecule has 0 aliphatic heterocycles. The Hall–Kier alpha value is -2.30. The van der Waals surface area contributed by atoms with Gasteiger partial charge in [0.05, 0.1) is 18.1 Å². The first kappa shape index (κ1) is 12.2. The van der Waals surface area contributed by atoms with Gasteiger partial charge >= 0.3 is 5.97 Å². The van der Waals surface area contributed by atoms with Crippen molar-refractivity contribution < 1.29 is 19.1 Å². The number of methoxy groups -OCH3 is 1. The van der Waals surface area contributed by atoms with Crippen LogP contribution in [-0.2, 0) is 6.42 Å². The Balaban J connectivity index is 2.86. The van der Waals surface area contributed by atoms with E-state index in [0.717, 1.165) is 0 Å². The number of rotatable bonds is 3. The summed E-state index contributed by atoms with van der Waals surface area (Å²) in [5.74, 6) is -0.998. The lowest BCUT2D eigenvalue weighted by molar-refractivity contribution is 0.0661. The van der Waals surface area contributed by atoms with Gasteiger partial charge in [-0.15, -0.1) is 0 Å². The first-order valence-electron chi connectivity index (χ1n) is 5.45. The van der Waals surface area contributed by atoms with Crippen LogP contribution in [0.1, 0.15) is 23.0 Å². The Morgan fingerprint density at radius 3 is 2.72 bits per heavy atom. The number of ether oxygens (including phenoxy) is 1. The van der Waals surface area contributed by atoms with Gasteiger partial charge in [-0.25, -0.2) is 4.79 Å². The second-order valence-corrected chi connectivity index (χ2v) is 3.76. The maximum atomic E-state index is 12.2. The fourth-order valence-electron chi connectivity index (χ4n) is 1.83. The summed E-state index contributed by atoms with van der Waals surface area (Å²) in [5, 5.41) is 9.35. The van der Waals surface area contributed by atoms with Crippen LogP contribution in [0.4, 0.5) is 0 Å². The van der Waals surface area contributed by atoms with Crippen molar-refractivity contribution >= 4 is 16.9 Å². The molecule has 94 valence electrons. The molecule has 5 nitrogen and oxygen atoms in total. The lowest BCUT2D eigenvalue weighted by Gasteiger charge is -2.06. The van der Waals surface area contributed by atoms with E-state index in [4.69, 9.17) is 14.3 Å². The Morgan fingerprint density at radius 2 is 2.17 bits per heavy atom. The number of hydrogen-bond donors (Lipinski definition) is 1. The Kier molecular flexibility index (Phi) is 3.06. The van der Waals surface area contributed by atoms with Gasteiger partial charge in [0, 0.05) is 0 Å². The molecule has 5 heteroatoms. The molecule has 0 aliphatic carbocycles. The molecule has 0 aliphatic rings. The number of benzene rings is 1. The molecule has 0 atom stereocenters. The summed E-state index contributed by atoms with van der Waals surface area (Å²) >= 11 is 0. The molecule has 1 N–H and O–H groups in total. The van der Waals surface area contributed by atoms with E-state index in [1.807, 2.05) is 0 Å². The smallest absolute Gasteiger partial charge is 0.372 e. The van der Waals surface area contributed by atoms with Crippen molar-refractivity contribution in [3.05, 3.63) is 39.7 Å². The van der Waals surface area contributed by atoms with Crippen LogP contribution < -0.4 is 10.2 Å². The Morgan fingerprint density at radius 1 is 1.44 bits per heavy atom. The second kappa shape index (κ2) is 4.52. The monoisotopic (exact) mass is 248 g/mol. The molecule has 0 radical (unpaired) electrons. The normalized spacial score (nSPS) is 10.6. The zero-order valence-corrected chi connectivity index (χ0v) is 10.0. The third-order valence-electron chi connectivity index (χ3n) is 2.74. The summed E-state index contributed by atoms with van der Waals surface area (Å²) in [6.45, 7) is 1.71. The molecule has 0 fully saturated rings. The molecule has 0 amide bonds. The number of carboxylic acids is 1. The van der Waals surface area contributed by atoms with Gasteiger partial charge in [0.25, 0.3) is 0 Å². The zero-order valence-electron chi connectivity index (χ0n) is 10.0. The molecule has 1 aromatic carbocycles. The fourth-order valence-corrected chi connectivity index (χ4v) is 1.83. The van der Waals surface area contributed by atoms with Crippen molar-refractivity contribution in [3.63, 3.8) is 0 Å². The van der Waals surface area contributed by atoms with Crippen LogP contribution in [0.25, 0.3) is 11.0 Å². The van der Waals surface area contributed by atoms with E-state index in [2.05, 4.69) is 0 Å². The highest BCUT2D eigenvalue weighted by Crippen LogP contribution is 2.21. The number of aromatic carboxylic acids is 1. The van der Waals surface area contributed by atoms with E-state index in [-0.39, 0.29) is 22.3 Å². The topological polar surface area (TPSA) is 76.7 Å². The highest BCUT2D eigenvalue weighted by atomic mass is 16.5. The standard InChI is InChI=1S/C13H12O5/c1-3-8-11(14)9-6-7(17-2)4-5-10(9)18-12(8)13(15)16/h4-6H,3H2,1-2H3,(H,15,16). The van der Waals surface area contributed by atoms with Crippen molar-refractivity contribution in [3.8, 4) is 5.75 Å². The third kappa shape index (κ3) is 1.84. The molecular formula is C13H12O5. The van der Waals surface area contributed by atoms with Crippen LogP contribution in [0.5, 0.6) is 5.75 Å². The maximum Gasteiger partial charge on any atom is 0.372 e. The summed E-state index contributed by atoms with van der Waals surface area (Å²) in [5.41, 5.74) is 0.0914. The van der Waals surface area contributed by atoms with Crippen LogP contribution in [0, 0.1) is 0 Å². The van der Waals surface area contributed by atoms with Gasteiger partial charge in [-0.3, -0.25) is 4.79 Å². The Labute approximate surface area is 103 Å². The number of fused-ring (bicyclic) bond motifs is 1. The van der Waals surface area contributed by atoms with Crippen LogP contribution in [0.3, 0.4) is 0 Å². The number of carbonyl (C=O) groups is 1. The molecule has 2 rings (SSSR count). The van der Waals surface area contributed by atoms with Gasteiger partial charge in [0.1, 0.15) is 11.3 Å². The predicted octanol–water partition coefficient (Wildman–Crippen LogP) is 2.06. The molecule has 0 saturated heterocycles.